The van der Waals surface area contributed by atoms with Gasteiger partial charge in [0, 0.05) is 23.0 Å². The second-order valence-corrected chi connectivity index (χ2v) is 6.86. The molecule has 90 valence electrons. The number of benzene rings is 1. The minimum absolute atomic E-state index is 0.800. The number of rotatable bonds is 4. The topological polar surface area (TPSA) is 12.0 Å². The Morgan fingerprint density at radius 2 is 2.06 bits per heavy atom. The highest BCUT2D eigenvalue weighted by atomic mass is 79.9. The first-order valence-electron chi connectivity index (χ1n) is 5.35. The molecule has 0 amide bonds. The molecule has 0 unspecified atom stereocenters. The summed E-state index contributed by atoms with van der Waals surface area (Å²) in [6.07, 6.45) is 0. The quantitative estimate of drug-likeness (QED) is 0.852. The van der Waals surface area contributed by atoms with Crippen LogP contribution in [0.4, 0.5) is 0 Å². The van der Waals surface area contributed by atoms with Crippen LogP contribution in [0.3, 0.4) is 0 Å². The molecule has 0 atom stereocenters. The lowest BCUT2D eigenvalue weighted by Gasteiger charge is -2.06. The Morgan fingerprint density at radius 3 is 2.71 bits per heavy atom. The van der Waals surface area contributed by atoms with Gasteiger partial charge in [0.25, 0.3) is 0 Å². The predicted octanol–water partition coefficient (Wildman–Crippen LogP) is 4.76. The zero-order chi connectivity index (χ0) is 12.3. The summed E-state index contributed by atoms with van der Waals surface area (Å²) in [6, 6.07) is 10.4. The van der Waals surface area contributed by atoms with Gasteiger partial charge in [-0.1, -0.05) is 23.7 Å². The molecule has 0 spiro atoms. The van der Waals surface area contributed by atoms with Crippen molar-refractivity contribution in [2.75, 3.05) is 0 Å². The Kier molecular flexibility index (Phi) is 4.62. The van der Waals surface area contributed by atoms with Gasteiger partial charge < -0.3 is 5.32 Å². The molecule has 0 fully saturated rings. The minimum Gasteiger partial charge on any atom is -0.308 e. The predicted molar refractivity (Wildman–Crippen MR) is 78.8 cm³/mol. The molecule has 17 heavy (non-hydrogen) atoms. The average molecular weight is 331 g/mol. The van der Waals surface area contributed by atoms with E-state index >= 15 is 0 Å². The SMILES string of the molecule is Cc1ccc(CNCc2ccc(Br)s2)c(Cl)c1. The maximum absolute atomic E-state index is 6.17. The van der Waals surface area contributed by atoms with Gasteiger partial charge in [0.2, 0.25) is 0 Å². The second-order valence-electron chi connectivity index (χ2n) is 3.90. The van der Waals surface area contributed by atoms with Crippen LogP contribution in [0, 0.1) is 6.92 Å². The van der Waals surface area contributed by atoms with Gasteiger partial charge in [-0.2, -0.15) is 0 Å². The monoisotopic (exact) mass is 329 g/mol. The van der Waals surface area contributed by atoms with E-state index in [4.69, 9.17) is 11.6 Å². The van der Waals surface area contributed by atoms with Crippen molar-refractivity contribution in [3.63, 3.8) is 0 Å². The van der Waals surface area contributed by atoms with Crippen molar-refractivity contribution in [1.29, 1.82) is 0 Å². The number of thiophene rings is 1. The summed E-state index contributed by atoms with van der Waals surface area (Å²) in [5, 5.41) is 4.23. The maximum Gasteiger partial charge on any atom is 0.0701 e. The Bertz CT molecular complexity index is 510. The van der Waals surface area contributed by atoms with Crippen molar-refractivity contribution in [2.45, 2.75) is 20.0 Å². The van der Waals surface area contributed by atoms with E-state index in [2.05, 4.69) is 45.5 Å². The van der Waals surface area contributed by atoms with Crippen molar-refractivity contribution in [3.05, 3.63) is 55.1 Å². The first kappa shape index (κ1) is 13.1. The number of aryl methyl sites for hydroxylation is 1. The van der Waals surface area contributed by atoms with Gasteiger partial charge in [0.05, 0.1) is 3.79 Å². The van der Waals surface area contributed by atoms with Gasteiger partial charge >= 0.3 is 0 Å². The first-order chi connectivity index (χ1) is 8.15. The van der Waals surface area contributed by atoms with Gasteiger partial charge in [-0.3, -0.25) is 0 Å². The van der Waals surface area contributed by atoms with Crippen molar-refractivity contribution < 1.29 is 0 Å². The van der Waals surface area contributed by atoms with E-state index in [1.54, 1.807) is 11.3 Å². The summed E-state index contributed by atoms with van der Waals surface area (Å²) < 4.78 is 1.17. The Morgan fingerprint density at radius 1 is 1.24 bits per heavy atom. The summed E-state index contributed by atoms with van der Waals surface area (Å²) in [7, 11) is 0. The zero-order valence-corrected chi connectivity index (χ0v) is 12.6. The van der Waals surface area contributed by atoms with Crippen LogP contribution in [0.5, 0.6) is 0 Å². The number of hydrogen-bond donors (Lipinski definition) is 1. The molecule has 0 aliphatic carbocycles. The Hall–Kier alpha value is -0.350. The van der Waals surface area contributed by atoms with Crippen LogP contribution in [-0.4, -0.2) is 0 Å². The highest BCUT2D eigenvalue weighted by Gasteiger charge is 2.01. The maximum atomic E-state index is 6.17. The fraction of sp³-hybridized carbons (Fsp3) is 0.231. The molecule has 2 aromatic rings. The molecular weight excluding hydrogens is 318 g/mol. The van der Waals surface area contributed by atoms with Crippen LogP contribution in [-0.2, 0) is 13.1 Å². The van der Waals surface area contributed by atoms with E-state index in [0.29, 0.717) is 0 Å². The summed E-state index contributed by atoms with van der Waals surface area (Å²) in [6.45, 7) is 3.72. The van der Waals surface area contributed by atoms with E-state index in [1.165, 1.54) is 14.2 Å². The van der Waals surface area contributed by atoms with Gasteiger partial charge in [0.1, 0.15) is 0 Å². The molecule has 1 aromatic carbocycles. The van der Waals surface area contributed by atoms with Gasteiger partial charge in [-0.15, -0.1) is 11.3 Å². The molecule has 0 aliphatic heterocycles. The summed E-state index contributed by atoms with van der Waals surface area (Å²) in [4.78, 5) is 1.32. The van der Waals surface area contributed by atoms with Crippen LogP contribution < -0.4 is 5.32 Å². The van der Waals surface area contributed by atoms with Crippen molar-refractivity contribution in [1.82, 2.24) is 5.32 Å². The van der Waals surface area contributed by atoms with Crippen molar-refractivity contribution in [3.8, 4) is 0 Å². The van der Waals surface area contributed by atoms with Crippen LogP contribution in [0.2, 0.25) is 5.02 Å². The molecule has 4 heteroatoms. The third-order valence-corrected chi connectivity index (χ3v) is 4.43. The lowest BCUT2D eigenvalue weighted by atomic mass is 10.1. The van der Waals surface area contributed by atoms with Gasteiger partial charge in [0.15, 0.2) is 0 Å². The molecule has 1 heterocycles. The first-order valence-corrected chi connectivity index (χ1v) is 7.34. The van der Waals surface area contributed by atoms with Crippen molar-refractivity contribution in [2.24, 2.45) is 0 Å². The Balaban J connectivity index is 1.90. The highest BCUT2D eigenvalue weighted by Crippen LogP contribution is 2.22. The molecule has 0 bridgehead atoms. The molecular formula is C13H13BrClNS. The smallest absolute Gasteiger partial charge is 0.0701 e. The summed E-state index contributed by atoms with van der Waals surface area (Å²) in [5.41, 5.74) is 2.34. The fourth-order valence-corrected chi connectivity index (χ4v) is 3.32. The van der Waals surface area contributed by atoms with Gasteiger partial charge in [-0.05, 0) is 52.2 Å². The largest absolute Gasteiger partial charge is 0.308 e. The molecule has 0 aliphatic rings. The number of nitrogens with one attached hydrogen (secondary N) is 1. The fourth-order valence-electron chi connectivity index (χ4n) is 1.56. The second kappa shape index (κ2) is 6.01. The zero-order valence-electron chi connectivity index (χ0n) is 9.47. The van der Waals surface area contributed by atoms with E-state index in [9.17, 15) is 0 Å². The Labute approximate surface area is 119 Å². The standard InChI is InChI=1S/C13H13BrClNS/c1-9-2-3-10(12(15)6-9)7-16-8-11-4-5-13(14)17-11/h2-6,16H,7-8H2,1H3. The van der Waals surface area contributed by atoms with E-state index in [0.717, 1.165) is 23.7 Å². The normalized spacial score (nSPS) is 10.8. The molecule has 1 N–H and O–H groups in total. The van der Waals surface area contributed by atoms with E-state index in [-0.39, 0.29) is 0 Å². The summed E-state index contributed by atoms with van der Waals surface area (Å²) >= 11 is 11.4. The third-order valence-electron chi connectivity index (χ3n) is 2.45. The lowest BCUT2D eigenvalue weighted by molar-refractivity contribution is 0.701. The molecule has 2 rings (SSSR count). The molecule has 0 radical (unpaired) electrons. The summed E-state index contributed by atoms with van der Waals surface area (Å²) in [5.74, 6) is 0. The van der Waals surface area contributed by atoms with Crippen molar-refractivity contribution >= 4 is 38.9 Å². The van der Waals surface area contributed by atoms with Crippen LogP contribution in [0.25, 0.3) is 0 Å². The van der Waals surface area contributed by atoms with Gasteiger partial charge in [-0.25, -0.2) is 0 Å². The molecule has 0 saturated carbocycles. The van der Waals surface area contributed by atoms with E-state index in [1.807, 2.05) is 13.0 Å². The van der Waals surface area contributed by atoms with Crippen LogP contribution in [0.15, 0.2) is 34.1 Å². The van der Waals surface area contributed by atoms with Crippen LogP contribution in [0.1, 0.15) is 16.0 Å². The lowest BCUT2D eigenvalue weighted by Crippen LogP contribution is -2.12. The molecule has 1 aromatic heterocycles. The average Bonchev–Trinajstić information content (AvgIpc) is 2.68. The third kappa shape index (κ3) is 3.81. The number of halogens is 2. The number of hydrogen-bond acceptors (Lipinski definition) is 2. The molecule has 0 saturated heterocycles. The van der Waals surface area contributed by atoms with Crippen LogP contribution >= 0.6 is 38.9 Å². The van der Waals surface area contributed by atoms with E-state index < -0.39 is 0 Å². The minimum atomic E-state index is 0.800. The highest BCUT2D eigenvalue weighted by molar-refractivity contribution is 9.11. The molecule has 1 nitrogen and oxygen atoms in total.